The molecule has 0 saturated heterocycles. The molecule has 0 radical (unpaired) electrons. The minimum atomic E-state index is 0.479. The predicted octanol–water partition coefficient (Wildman–Crippen LogP) is 3.94. The van der Waals surface area contributed by atoms with E-state index in [1.54, 1.807) is 4.88 Å². The average molecular weight is 244 g/mol. The lowest BCUT2D eigenvalue weighted by molar-refractivity contribution is 0.609. The number of thiophene rings is 1. The Hall–Kier alpha value is -1.35. The standard InChI is InChI=1S/C14H16N2S/c1-10-9-11(5-7-15-10)16-13-3-2-4-14-12(13)6-8-17-14/h5-9,13H,2-4H2,1H3,(H,15,16). The number of hydrogen-bond donors (Lipinski definition) is 1. The quantitative estimate of drug-likeness (QED) is 0.865. The number of nitrogens with one attached hydrogen (secondary N) is 1. The van der Waals surface area contributed by atoms with E-state index < -0.39 is 0 Å². The fourth-order valence-corrected chi connectivity index (χ4v) is 3.46. The Morgan fingerprint density at radius 2 is 2.35 bits per heavy atom. The van der Waals surface area contributed by atoms with Crippen LogP contribution in [-0.4, -0.2) is 4.98 Å². The van der Waals surface area contributed by atoms with Crippen LogP contribution in [0.3, 0.4) is 0 Å². The van der Waals surface area contributed by atoms with Gasteiger partial charge in [-0.3, -0.25) is 4.98 Å². The molecule has 2 heterocycles. The molecule has 0 aliphatic heterocycles. The molecule has 0 fully saturated rings. The summed E-state index contributed by atoms with van der Waals surface area (Å²) in [6.45, 7) is 2.03. The molecule has 3 rings (SSSR count). The predicted molar refractivity (Wildman–Crippen MR) is 72.6 cm³/mol. The Bertz CT molecular complexity index is 518. The van der Waals surface area contributed by atoms with Gasteiger partial charge in [0.1, 0.15) is 0 Å². The maximum Gasteiger partial charge on any atom is 0.0524 e. The normalized spacial score (nSPS) is 18.8. The highest BCUT2D eigenvalue weighted by Crippen LogP contribution is 2.35. The lowest BCUT2D eigenvalue weighted by atomic mass is 9.94. The van der Waals surface area contributed by atoms with Gasteiger partial charge in [-0.15, -0.1) is 11.3 Å². The van der Waals surface area contributed by atoms with Gasteiger partial charge in [0.05, 0.1) is 6.04 Å². The Balaban J connectivity index is 1.84. The molecule has 2 nitrogen and oxygen atoms in total. The minimum Gasteiger partial charge on any atom is -0.378 e. The largest absolute Gasteiger partial charge is 0.378 e. The summed E-state index contributed by atoms with van der Waals surface area (Å²) in [4.78, 5) is 5.78. The summed E-state index contributed by atoms with van der Waals surface area (Å²) in [5, 5.41) is 5.84. The molecule has 2 aromatic rings. The van der Waals surface area contributed by atoms with Gasteiger partial charge in [-0.05, 0) is 55.3 Å². The Kier molecular flexibility index (Phi) is 2.85. The van der Waals surface area contributed by atoms with Crippen LogP contribution in [-0.2, 0) is 6.42 Å². The molecular formula is C14H16N2S. The fourth-order valence-electron chi connectivity index (χ4n) is 2.47. The van der Waals surface area contributed by atoms with Crippen molar-refractivity contribution in [1.29, 1.82) is 0 Å². The van der Waals surface area contributed by atoms with E-state index in [9.17, 15) is 0 Å². The molecular weight excluding hydrogens is 228 g/mol. The maximum atomic E-state index is 4.23. The van der Waals surface area contributed by atoms with Crippen LogP contribution >= 0.6 is 11.3 Å². The summed E-state index contributed by atoms with van der Waals surface area (Å²) in [5.41, 5.74) is 3.74. The summed E-state index contributed by atoms with van der Waals surface area (Å²) in [6.07, 6.45) is 5.63. The Morgan fingerprint density at radius 3 is 3.24 bits per heavy atom. The minimum absolute atomic E-state index is 0.479. The number of aryl methyl sites for hydroxylation is 2. The molecule has 3 heteroatoms. The molecule has 0 amide bonds. The second-order valence-electron chi connectivity index (χ2n) is 4.57. The molecule has 1 atom stereocenters. The van der Waals surface area contributed by atoms with Gasteiger partial charge >= 0.3 is 0 Å². The molecule has 17 heavy (non-hydrogen) atoms. The number of hydrogen-bond acceptors (Lipinski definition) is 3. The molecule has 88 valence electrons. The van der Waals surface area contributed by atoms with Gasteiger partial charge < -0.3 is 5.32 Å². The van der Waals surface area contributed by atoms with Gasteiger partial charge in [-0.25, -0.2) is 0 Å². The van der Waals surface area contributed by atoms with Crippen molar-refractivity contribution >= 4 is 17.0 Å². The zero-order chi connectivity index (χ0) is 11.7. The lowest BCUT2D eigenvalue weighted by Gasteiger charge is -2.24. The average Bonchev–Trinajstić information content (AvgIpc) is 2.78. The van der Waals surface area contributed by atoms with Crippen LogP contribution < -0.4 is 5.32 Å². The zero-order valence-corrected chi connectivity index (χ0v) is 10.8. The van der Waals surface area contributed by atoms with Crippen LogP contribution in [0.1, 0.15) is 35.0 Å². The van der Waals surface area contributed by atoms with Gasteiger partial charge in [-0.2, -0.15) is 0 Å². The van der Waals surface area contributed by atoms with E-state index in [0.717, 1.165) is 5.69 Å². The molecule has 0 saturated carbocycles. The molecule has 0 bridgehead atoms. The third-order valence-corrected chi connectivity index (χ3v) is 4.29. The van der Waals surface area contributed by atoms with E-state index in [4.69, 9.17) is 0 Å². The van der Waals surface area contributed by atoms with E-state index in [-0.39, 0.29) is 0 Å². The highest BCUT2D eigenvalue weighted by Gasteiger charge is 2.20. The van der Waals surface area contributed by atoms with E-state index in [1.165, 1.54) is 30.5 Å². The monoisotopic (exact) mass is 244 g/mol. The van der Waals surface area contributed by atoms with Crippen LogP contribution in [0, 0.1) is 6.92 Å². The fraction of sp³-hybridized carbons (Fsp3) is 0.357. The molecule has 1 aliphatic carbocycles. The van der Waals surface area contributed by atoms with E-state index in [2.05, 4.69) is 27.8 Å². The van der Waals surface area contributed by atoms with Crippen molar-refractivity contribution in [2.24, 2.45) is 0 Å². The van der Waals surface area contributed by atoms with Crippen LogP contribution in [0.25, 0.3) is 0 Å². The second-order valence-corrected chi connectivity index (χ2v) is 5.57. The lowest BCUT2D eigenvalue weighted by Crippen LogP contribution is -2.15. The van der Waals surface area contributed by atoms with Crippen LogP contribution in [0.5, 0.6) is 0 Å². The first-order chi connectivity index (χ1) is 8.33. The molecule has 2 aromatic heterocycles. The number of fused-ring (bicyclic) bond motifs is 1. The number of nitrogens with zero attached hydrogens (tertiary/aromatic N) is 1. The second kappa shape index (κ2) is 4.49. The van der Waals surface area contributed by atoms with Gasteiger partial charge in [0.25, 0.3) is 0 Å². The van der Waals surface area contributed by atoms with Gasteiger partial charge in [0, 0.05) is 22.5 Å². The van der Waals surface area contributed by atoms with Gasteiger partial charge in [-0.1, -0.05) is 0 Å². The highest BCUT2D eigenvalue weighted by molar-refractivity contribution is 7.10. The third kappa shape index (κ3) is 2.20. The topological polar surface area (TPSA) is 24.9 Å². The van der Waals surface area contributed by atoms with E-state index >= 15 is 0 Å². The molecule has 1 unspecified atom stereocenters. The summed E-state index contributed by atoms with van der Waals surface area (Å²) in [6, 6.07) is 6.91. The number of aromatic nitrogens is 1. The van der Waals surface area contributed by atoms with Crippen molar-refractivity contribution in [1.82, 2.24) is 4.98 Å². The SMILES string of the molecule is Cc1cc(NC2CCCc3sccc32)ccn1. The first-order valence-corrected chi connectivity index (χ1v) is 6.96. The summed E-state index contributed by atoms with van der Waals surface area (Å²) in [7, 11) is 0. The Labute approximate surface area is 106 Å². The molecule has 0 spiro atoms. The van der Waals surface area contributed by atoms with E-state index in [0.29, 0.717) is 6.04 Å². The van der Waals surface area contributed by atoms with Crippen molar-refractivity contribution in [3.8, 4) is 0 Å². The summed E-state index contributed by atoms with van der Waals surface area (Å²) in [5.74, 6) is 0. The van der Waals surface area contributed by atoms with Crippen molar-refractivity contribution in [2.45, 2.75) is 32.2 Å². The van der Waals surface area contributed by atoms with E-state index in [1.807, 2.05) is 30.5 Å². The summed E-state index contributed by atoms with van der Waals surface area (Å²) >= 11 is 1.89. The van der Waals surface area contributed by atoms with Crippen molar-refractivity contribution < 1.29 is 0 Å². The van der Waals surface area contributed by atoms with Crippen LogP contribution in [0.15, 0.2) is 29.8 Å². The zero-order valence-electron chi connectivity index (χ0n) is 9.94. The maximum absolute atomic E-state index is 4.23. The van der Waals surface area contributed by atoms with Crippen molar-refractivity contribution in [3.63, 3.8) is 0 Å². The highest BCUT2D eigenvalue weighted by atomic mass is 32.1. The van der Waals surface area contributed by atoms with Gasteiger partial charge in [0.15, 0.2) is 0 Å². The van der Waals surface area contributed by atoms with Crippen molar-refractivity contribution in [2.75, 3.05) is 5.32 Å². The number of rotatable bonds is 2. The number of pyridine rings is 1. The van der Waals surface area contributed by atoms with Crippen molar-refractivity contribution in [3.05, 3.63) is 45.9 Å². The number of anilines is 1. The molecule has 0 aromatic carbocycles. The Morgan fingerprint density at radius 1 is 1.41 bits per heavy atom. The summed E-state index contributed by atoms with van der Waals surface area (Å²) < 4.78 is 0. The molecule has 1 aliphatic rings. The van der Waals surface area contributed by atoms with Crippen LogP contribution in [0.4, 0.5) is 5.69 Å². The third-order valence-electron chi connectivity index (χ3n) is 3.29. The van der Waals surface area contributed by atoms with Crippen LogP contribution in [0.2, 0.25) is 0 Å². The smallest absolute Gasteiger partial charge is 0.0524 e. The first-order valence-electron chi connectivity index (χ1n) is 6.08. The van der Waals surface area contributed by atoms with Gasteiger partial charge in [0.2, 0.25) is 0 Å². The first kappa shape index (κ1) is 10.8. The molecule has 1 N–H and O–H groups in total.